The van der Waals surface area contributed by atoms with E-state index in [2.05, 4.69) is 5.32 Å². The summed E-state index contributed by atoms with van der Waals surface area (Å²) in [6.45, 7) is 0.444. The molecule has 5 nitrogen and oxygen atoms in total. The van der Waals surface area contributed by atoms with Gasteiger partial charge < -0.3 is 26.4 Å². The molecule has 0 saturated heterocycles. The van der Waals surface area contributed by atoms with Crippen LogP contribution in [0.15, 0.2) is 18.2 Å². The van der Waals surface area contributed by atoms with E-state index in [-0.39, 0.29) is 6.61 Å². The van der Waals surface area contributed by atoms with E-state index in [0.29, 0.717) is 29.8 Å². The molecule has 1 rings (SSSR count). The van der Waals surface area contributed by atoms with E-state index in [1.165, 1.54) is 0 Å². The van der Waals surface area contributed by atoms with Gasteiger partial charge >= 0.3 is 0 Å². The summed E-state index contributed by atoms with van der Waals surface area (Å²) in [7, 11) is 1.78. The van der Waals surface area contributed by atoms with Crippen molar-refractivity contribution >= 4 is 5.69 Å². The average molecular weight is 240 g/mol. The summed E-state index contributed by atoms with van der Waals surface area (Å²) in [4.78, 5) is 0. The van der Waals surface area contributed by atoms with Crippen molar-refractivity contribution in [2.75, 3.05) is 19.3 Å². The lowest BCUT2D eigenvalue weighted by Gasteiger charge is -2.19. The molecule has 96 valence electrons. The molecule has 5 heteroatoms. The third kappa shape index (κ3) is 3.67. The number of nitrogens with one attached hydrogen (secondary N) is 1. The Kier molecular flexibility index (Phi) is 5.37. The number of nitrogens with two attached hydrogens (primary N) is 1. The highest BCUT2D eigenvalue weighted by atomic mass is 16.3. The number of hydrogen-bond acceptors (Lipinski definition) is 5. The smallest absolute Gasteiger partial charge is 0.105 e. The number of rotatable bonds is 6. The zero-order valence-electron chi connectivity index (χ0n) is 9.93. The fraction of sp³-hybridized carbons (Fsp3) is 0.500. The summed E-state index contributed by atoms with van der Waals surface area (Å²) >= 11 is 0. The Morgan fingerprint density at radius 2 is 2.06 bits per heavy atom. The molecule has 0 heterocycles. The molecule has 2 unspecified atom stereocenters. The summed E-state index contributed by atoms with van der Waals surface area (Å²) in [5, 5.41) is 31.7. The van der Waals surface area contributed by atoms with Crippen LogP contribution >= 0.6 is 0 Å². The maximum Gasteiger partial charge on any atom is 0.105 e. The third-order valence-corrected chi connectivity index (χ3v) is 2.73. The molecule has 0 amide bonds. The molecule has 2 atom stereocenters. The first-order valence-corrected chi connectivity index (χ1v) is 5.60. The van der Waals surface area contributed by atoms with Gasteiger partial charge in [0.25, 0.3) is 0 Å². The largest absolute Gasteiger partial charge is 0.398 e. The van der Waals surface area contributed by atoms with Crippen molar-refractivity contribution in [1.29, 1.82) is 0 Å². The minimum atomic E-state index is -0.964. The molecule has 0 aromatic heterocycles. The second kappa shape index (κ2) is 6.56. The number of benzene rings is 1. The van der Waals surface area contributed by atoms with E-state index >= 15 is 0 Å². The number of aliphatic hydroxyl groups excluding tert-OH is 3. The quantitative estimate of drug-likeness (QED) is 0.442. The van der Waals surface area contributed by atoms with Crippen molar-refractivity contribution in [1.82, 2.24) is 5.32 Å². The van der Waals surface area contributed by atoms with Crippen LogP contribution in [0.3, 0.4) is 0 Å². The molecule has 0 radical (unpaired) electrons. The minimum Gasteiger partial charge on any atom is -0.398 e. The first kappa shape index (κ1) is 13.9. The van der Waals surface area contributed by atoms with Crippen LogP contribution in [0, 0.1) is 0 Å². The lowest BCUT2D eigenvalue weighted by molar-refractivity contribution is 0.0139. The predicted octanol–water partition coefficient (Wildman–Crippen LogP) is -0.235. The van der Waals surface area contributed by atoms with Crippen LogP contribution in [0.25, 0.3) is 0 Å². The Morgan fingerprint density at radius 3 is 2.65 bits per heavy atom. The van der Waals surface area contributed by atoms with Gasteiger partial charge in [0.15, 0.2) is 0 Å². The minimum absolute atomic E-state index is 0.182. The lowest BCUT2D eigenvalue weighted by atomic mass is 9.99. The van der Waals surface area contributed by atoms with E-state index in [1.54, 1.807) is 25.2 Å². The predicted molar refractivity (Wildman–Crippen MR) is 66.3 cm³/mol. The Balaban J connectivity index is 2.77. The monoisotopic (exact) mass is 240 g/mol. The Hall–Kier alpha value is -1.14. The summed E-state index contributed by atoms with van der Waals surface area (Å²) in [6, 6.07) is 4.89. The Morgan fingerprint density at radius 1 is 1.35 bits per heavy atom. The molecule has 0 aliphatic rings. The van der Waals surface area contributed by atoms with Crippen LogP contribution in [-0.4, -0.2) is 35.0 Å². The second-order valence-corrected chi connectivity index (χ2v) is 4.02. The highest BCUT2D eigenvalue weighted by molar-refractivity contribution is 5.48. The molecule has 0 fully saturated rings. The number of anilines is 1. The van der Waals surface area contributed by atoms with Crippen LogP contribution in [0.2, 0.25) is 0 Å². The lowest BCUT2D eigenvalue weighted by Crippen LogP contribution is -2.23. The number of hydrogen-bond donors (Lipinski definition) is 5. The van der Waals surface area contributed by atoms with Crippen LogP contribution in [0.5, 0.6) is 0 Å². The zero-order valence-corrected chi connectivity index (χ0v) is 9.93. The van der Waals surface area contributed by atoms with Gasteiger partial charge in [-0.25, -0.2) is 0 Å². The molecule has 17 heavy (non-hydrogen) atoms. The highest BCUT2D eigenvalue weighted by Gasteiger charge is 2.18. The van der Waals surface area contributed by atoms with Crippen molar-refractivity contribution in [3.8, 4) is 0 Å². The molecule has 0 aliphatic carbocycles. The zero-order chi connectivity index (χ0) is 12.8. The van der Waals surface area contributed by atoms with E-state index in [0.717, 1.165) is 0 Å². The summed E-state index contributed by atoms with van der Waals surface area (Å²) in [6.07, 6.45) is -1.34. The van der Waals surface area contributed by atoms with Gasteiger partial charge in [0.1, 0.15) is 6.10 Å². The van der Waals surface area contributed by atoms with Crippen molar-refractivity contribution in [2.45, 2.75) is 25.2 Å². The van der Waals surface area contributed by atoms with Crippen LogP contribution in [-0.2, 0) is 6.61 Å². The Labute approximate surface area is 101 Å². The fourth-order valence-corrected chi connectivity index (χ4v) is 1.62. The molecule has 1 aromatic carbocycles. The molecule has 0 saturated carbocycles. The summed E-state index contributed by atoms with van der Waals surface area (Å²) < 4.78 is 0. The molecular formula is C12H20N2O3. The fourth-order valence-electron chi connectivity index (χ4n) is 1.62. The van der Waals surface area contributed by atoms with Gasteiger partial charge in [-0.15, -0.1) is 0 Å². The van der Waals surface area contributed by atoms with Crippen molar-refractivity contribution in [3.63, 3.8) is 0 Å². The summed E-state index contributed by atoms with van der Waals surface area (Å²) in [5.74, 6) is 0. The topological polar surface area (TPSA) is 98.7 Å². The normalized spacial score (nSPS) is 14.6. The van der Waals surface area contributed by atoms with Gasteiger partial charge in [-0.05, 0) is 37.7 Å². The van der Waals surface area contributed by atoms with Crippen LogP contribution < -0.4 is 11.1 Å². The average Bonchev–Trinajstić information content (AvgIpc) is 2.35. The van der Waals surface area contributed by atoms with E-state index in [9.17, 15) is 10.2 Å². The highest BCUT2D eigenvalue weighted by Crippen LogP contribution is 2.23. The molecule has 1 aromatic rings. The van der Waals surface area contributed by atoms with Gasteiger partial charge in [0.05, 0.1) is 12.7 Å². The van der Waals surface area contributed by atoms with E-state index in [4.69, 9.17) is 10.8 Å². The standard InChI is InChI=1S/C12H20N2O3/c1-14-5-4-11(16)12(17)8-2-3-10(13)9(6-8)7-15/h2-3,6,11-12,14-17H,4-5,7,13H2,1H3. The molecule has 6 N–H and O–H groups in total. The van der Waals surface area contributed by atoms with Gasteiger partial charge in [-0.2, -0.15) is 0 Å². The van der Waals surface area contributed by atoms with Gasteiger partial charge in [0.2, 0.25) is 0 Å². The van der Waals surface area contributed by atoms with Gasteiger partial charge in [0, 0.05) is 11.3 Å². The maximum absolute atomic E-state index is 9.93. The first-order valence-electron chi connectivity index (χ1n) is 5.60. The van der Waals surface area contributed by atoms with Crippen LogP contribution in [0.1, 0.15) is 23.7 Å². The molecule has 0 spiro atoms. The van der Waals surface area contributed by atoms with E-state index < -0.39 is 12.2 Å². The molecular weight excluding hydrogens is 220 g/mol. The van der Waals surface area contributed by atoms with Gasteiger partial charge in [-0.3, -0.25) is 0 Å². The molecule has 0 bridgehead atoms. The van der Waals surface area contributed by atoms with Crippen LogP contribution in [0.4, 0.5) is 5.69 Å². The Bertz CT molecular complexity index is 358. The first-order chi connectivity index (χ1) is 8.10. The third-order valence-electron chi connectivity index (χ3n) is 2.73. The maximum atomic E-state index is 9.93. The van der Waals surface area contributed by atoms with Crippen molar-refractivity contribution in [2.24, 2.45) is 0 Å². The van der Waals surface area contributed by atoms with Crippen molar-refractivity contribution < 1.29 is 15.3 Å². The van der Waals surface area contributed by atoms with E-state index in [1.807, 2.05) is 0 Å². The molecule has 0 aliphatic heterocycles. The van der Waals surface area contributed by atoms with Crippen molar-refractivity contribution in [3.05, 3.63) is 29.3 Å². The van der Waals surface area contributed by atoms with Gasteiger partial charge in [-0.1, -0.05) is 6.07 Å². The summed E-state index contributed by atoms with van der Waals surface area (Å²) in [5.41, 5.74) is 7.24. The second-order valence-electron chi connectivity index (χ2n) is 4.02. The number of nitrogen functional groups attached to an aromatic ring is 1. The SMILES string of the molecule is CNCCC(O)C(O)c1ccc(N)c(CO)c1. The number of aliphatic hydroxyl groups is 3.